The van der Waals surface area contributed by atoms with Crippen LogP contribution in [0.3, 0.4) is 0 Å². The van der Waals surface area contributed by atoms with Crippen LogP contribution in [-0.4, -0.2) is 35.6 Å². The van der Waals surface area contributed by atoms with Crippen molar-refractivity contribution in [1.82, 2.24) is 4.90 Å². The Kier molecular flexibility index (Phi) is 4.46. The summed E-state index contributed by atoms with van der Waals surface area (Å²) in [6, 6.07) is 5.57. The molecule has 1 heterocycles. The molecule has 0 bridgehead atoms. The van der Waals surface area contributed by atoms with Gasteiger partial charge in [0, 0.05) is 24.2 Å². The maximum Gasteiger partial charge on any atom is 0.253 e. The minimum Gasteiger partial charge on any atom is -0.384 e. The van der Waals surface area contributed by atoms with Crippen LogP contribution in [0.15, 0.2) is 18.2 Å². The van der Waals surface area contributed by atoms with Gasteiger partial charge in [0.2, 0.25) is 0 Å². The van der Waals surface area contributed by atoms with Crippen LogP contribution < -0.4 is 0 Å². The van der Waals surface area contributed by atoms with Gasteiger partial charge in [-0.05, 0) is 42.5 Å². The topological polar surface area (TPSA) is 40.5 Å². The Balaban J connectivity index is 2.17. The molecule has 2 rings (SSSR count). The molecule has 0 aliphatic carbocycles. The van der Waals surface area contributed by atoms with Crippen molar-refractivity contribution in [2.45, 2.75) is 20.8 Å². The summed E-state index contributed by atoms with van der Waals surface area (Å²) in [4.78, 5) is 14.4. The van der Waals surface area contributed by atoms with Crippen molar-refractivity contribution in [3.63, 3.8) is 0 Å². The lowest BCUT2D eigenvalue weighted by atomic mass is 10.0. The molecule has 3 nitrogen and oxygen atoms in total. The molecule has 2 atom stereocenters. The summed E-state index contributed by atoms with van der Waals surface area (Å²) in [5, 5.41) is 8.72. The average Bonchev–Trinajstić information content (AvgIpc) is 2.76. The Labute approximate surface area is 120 Å². The smallest absolute Gasteiger partial charge is 0.253 e. The number of rotatable bonds is 1. The second kappa shape index (κ2) is 6.11. The largest absolute Gasteiger partial charge is 0.384 e. The summed E-state index contributed by atoms with van der Waals surface area (Å²) in [5.41, 5.74) is 2.55. The SMILES string of the molecule is Cc1cc(C(=O)N2CC(C)C(C)C2)ccc1C#CCO. The predicted octanol–water partition coefficient (Wildman–Crippen LogP) is 2.07. The van der Waals surface area contributed by atoms with Crippen molar-refractivity contribution in [3.8, 4) is 11.8 Å². The molecule has 106 valence electrons. The first-order valence-corrected chi connectivity index (χ1v) is 7.02. The third-order valence-corrected chi connectivity index (χ3v) is 4.05. The Bertz CT molecular complexity index is 558. The van der Waals surface area contributed by atoms with Crippen LogP contribution >= 0.6 is 0 Å². The molecule has 1 aliphatic rings. The molecule has 0 saturated carbocycles. The third kappa shape index (κ3) is 3.02. The number of carbonyl (C=O) groups excluding carboxylic acids is 1. The minimum absolute atomic E-state index is 0.103. The molecule has 20 heavy (non-hydrogen) atoms. The molecular weight excluding hydrogens is 250 g/mol. The average molecular weight is 271 g/mol. The van der Waals surface area contributed by atoms with Gasteiger partial charge in [-0.1, -0.05) is 25.7 Å². The number of hydrogen-bond acceptors (Lipinski definition) is 2. The second-order valence-corrected chi connectivity index (χ2v) is 5.65. The number of amides is 1. The van der Waals surface area contributed by atoms with E-state index in [1.807, 2.05) is 30.0 Å². The number of hydrogen-bond donors (Lipinski definition) is 1. The minimum atomic E-state index is -0.149. The zero-order valence-corrected chi connectivity index (χ0v) is 12.3. The van der Waals surface area contributed by atoms with E-state index in [-0.39, 0.29) is 12.5 Å². The van der Waals surface area contributed by atoms with Gasteiger partial charge >= 0.3 is 0 Å². The standard InChI is InChI=1S/C17H21NO2/c1-12-9-16(7-6-15(12)5-4-8-19)17(20)18-10-13(2)14(3)11-18/h6-7,9,13-14,19H,8,10-11H2,1-3H3. The molecule has 1 saturated heterocycles. The van der Waals surface area contributed by atoms with E-state index in [1.54, 1.807) is 0 Å². The Hall–Kier alpha value is -1.79. The van der Waals surface area contributed by atoms with Crippen molar-refractivity contribution < 1.29 is 9.90 Å². The molecule has 0 radical (unpaired) electrons. The molecule has 1 aromatic carbocycles. The predicted molar refractivity (Wildman–Crippen MR) is 79.4 cm³/mol. The molecule has 2 unspecified atom stereocenters. The van der Waals surface area contributed by atoms with E-state index in [2.05, 4.69) is 25.7 Å². The monoisotopic (exact) mass is 271 g/mol. The van der Waals surface area contributed by atoms with Crippen LogP contribution in [0.4, 0.5) is 0 Å². The Morgan fingerprint density at radius 2 is 2.00 bits per heavy atom. The van der Waals surface area contributed by atoms with E-state index >= 15 is 0 Å². The maximum atomic E-state index is 12.5. The summed E-state index contributed by atoms with van der Waals surface area (Å²) in [6.45, 7) is 7.85. The molecule has 0 spiro atoms. The van der Waals surface area contributed by atoms with Gasteiger partial charge in [-0.3, -0.25) is 4.79 Å². The van der Waals surface area contributed by atoms with Crippen molar-refractivity contribution >= 4 is 5.91 Å². The van der Waals surface area contributed by atoms with E-state index in [9.17, 15) is 4.79 Å². The van der Waals surface area contributed by atoms with Crippen LogP contribution in [0, 0.1) is 30.6 Å². The van der Waals surface area contributed by atoms with E-state index in [0.29, 0.717) is 11.8 Å². The summed E-state index contributed by atoms with van der Waals surface area (Å²) in [5.74, 6) is 6.75. The number of nitrogens with zero attached hydrogens (tertiary/aromatic N) is 1. The van der Waals surface area contributed by atoms with Gasteiger partial charge in [0.05, 0.1) is 0 Å². The number of likely N-dealkylation sites (tertiary alicyclic amines) is 1. The number of carbonyl (C=O) groups is 1. The van der Waals surface area contributed by atoms with Gasteiger partial charge in [-0.15, -0.1) is 0 Å². The fraction of sp³-hybridized carbons (Fsp3) is 0.471. The fourth-order valence-electron chi connectivity index (χ4n) is 2.55. The molecule has 1 aromatic rings. The number of benzene rings is 1. The van der Waals surface area contributed by atoms with Crippen LogP contribution in [0.2, 0.25) is 0 Å². The molecule has 1 fully saturated rings. The molecule has 3 heteroatoms. The lowest BCUT2D eigenvalue weighted by molar-refractivity contribution is 0.0785. The zero-order valence-electron chi connectivity index (χ0n) is 12.3. The van der Waals surface area contributed by atoms with Crippen molar-refractivity contribution in [2.75, 3.05) is 19.7 Å². The van der Waals surface area contributed by atoms with Crippen molar-refractivity contribution in [2.24, 2.45) is 11.8 Å². The summed E-state index contributed by atoms with van der Waals surface area (Å²) in [7, 11) is 0. The van der Waals surface area contributed by atoms with Gasteiger partial charge in [-0.2, -0.15) is 0 Å². The van der Waals surface area contributed by atoms with Crippen LogP contribution in [0.5, 0.6) is 0 Å². The highest BCUT2D eigenvalue weighted by Gasteiger charge is 2.29. The van der Waals surface area contributed by atoms with Crippen molar-refractivity contribution in [3.05, 3.63) is 34.9 Å². The number of aryl methyl sites for hydroxylation is 1. The van der Waals surface area contributed by atoms with Crippen LogP contribution in [0.25, 0.3) is 0 Å². The normalized spacial score (nSPS) is 21.5. The van der Waals surface area contributed by atoms with Gasteiger partial charge in [0.25, 0.3) is 5.91 Å². The van der Waals surface area contributed by atoms with Gasteiger partial charge in [-0.25, -0.2) is 0 Å². The first-order valence-electron chi connectivity index (χ1n) is 7.02. The first kappa shape index (κ1) is 14.6. The maximum absolute atomic E-state index is 12.5. The lowest BCUT2D eigenvalue weighted by Crippen LogP contribution is -2.28. The van der Waals surface area contributed by atoms with Gasteiger partial charge < -0.3 is 10.0 Å². The summed E-state index contributed by atoms with van der Waals surface area (Å²) in [6.07, 6.45) is 0. The van der Waals surface area contributed by atoms with E-state index in [0.717, 1.165) is 29.8 Å². The molecule has 1 amide bonds. The van der Waals surface area contributed by atoms with E-state index < -0.39 is 0 Å². The Morgan fingerprint density at radius 3 is 2.55 bits per heavy atom. The second-order valence-electron chi connectivity index (χ2n) is 5.65. The summed E-state index contributed by atoms with van der Waals surface area (Å²) >= 11 is 0. The lowest BCUT2D eigenvalue weighted by Gasteiger charge is -2.16. The number of aliphatic hydroxyl groups excluding tert-OH is 1. The van der Waals surface area contributed by atoms with E-state index in [4.69, 9.17) is 5.11 Å². The first-order chi connectivity index (χ1) is 9.52. The van der Waals surface area contributed by atoms with Crippen LogP contribution in [0.1, 0.15) is 35.3 Å². The molecule has 1 N–H and O–H groups in total. The zero-order chi connectivity index (χ0) is 14.7. The Morgan fingerprint density at radius 1 is 1.35 bits per heavy atom. The third-order valence-electron chi connectivity index (χ3n) is 4.05. The highest BCUT2D eigenvalue weighted by Crippen LogP contribution is 2.24. The van der Waals surface area contributed by atoms with Gasteiger partial charge in [0.1, 0.15) is 6.61 Å². The quantitative estimate of drug-likeness (QED) is 0.794. The molecule has 1 aliphatic heterocycles. The van der Waals surface area contributed by atoms with Gasteiger partial charge in [0.15, 0.2) is 0 Å². The fourth-order valence-corrected chi connectivity index (χ4v) is 2.55. The molecule has 0 aromatic heterocycles. The van der Waals surface area contributed by atoms with Crippen LogP contribution in [-0.2, 0) is 0 Å². The summed E-state index contributed by atoms with van der Waals surface area (Å²) < 4.78 is 0. The highest BCUT2D eigenvalue weighted by molar-refractivity contribution is 5.94. The highest BCUT2D eigenvalue weighted by atomic mass is 16.2. The van der Waals surface area contributed by atoms with Crippen molar-refractivity contribution in [1.29, 1.82) is 0 Å². The molecular formula is C17H21NO2. The van der Waals surface area contributed by atoms with E-state index in [1.165, 1.54) is 0 Å². The number of aliphatic hydroxyl groups is 1.